The van der Waals surface area contributed by atoms with Crippen molar-refractivity contribution in [3.05, 3.63) is 26.6 Å². The van der Waals surface area contributed by atoms with Crippen LogP contribution in [0.3, 0.4) is 0 Å². The van der Waals surface area contributed by atoms with Crippen molar-refractivity contribution in [2.24, 2.45) is 0 Å². The Balaban J connectivity index is 2.06. The fourth-order valence-electron chi connectivity index (χ4n) is 2.43. The zero-order valence-electron chi connectivity index (χ0n) is 10.7. The van der Waals surface area contributed by atoms with Crippen LogP contribution in [0.4, 0.5) is 0 Å². The monoisotopic (exact) mass is 277 g/mol. The van der Waals surface area contributed by atoms with Crippen molar-refractivity contribution in [1.29, 1.82) is 0 Å². The van der Waals surface area contributed by atoms with E-state index in [0.29, 0.717) is 16.8 Å². The Morgan fingerprint density at radius 2 is 2.32 bits per heavy atom. The van der Waals surface area contributed by atoms with Gasteiger partial charge in [-0.2, -0.15) is 0 Å². The van der Waals surface area contributed by atoms with E-state index >= 15 is 0 Å². The lowest BCUT2D eigenvalue weighted by Crippen LogP contribution is -2.28. The highest BCUT2D eigenvalue weighted by Gasteiger charge is 2.22. The molecule has 0 radical (unpaired) electrons. The highest BCUT2D eigenvalue weighted by molar-refractivity contribution is 7.18. The van der Waals surface area contributed by atoms with Gasteiger partial charge in [-0.05, 0) is 31.2 Å². The van der Waals surface area contributed by atoms with Gasteiger partial charge in [0.25, 0.3) is 11.5 Å². The summed E-state index contributed by atoms with van der Waals surface area (Å²) in [5, 5.41) is 3.41. The molecule has 2 aromatic rings. The third-order valence-corrected chi connectivity index (χ3v) is 4.51. The SMILES string of the molecule is CCCNC(=O)c1nc2sc3c(c2c(=O)[nH]1)CCC3. The van der Waals surface area contributed by atoms with Gasteiger partial charge in [0.2, 0.25) is 5.82 Å². The van der Waals surface area contributed by atoms with Gasteiger partial charge in [-0.1, -0.05) is 6.92 Å². The molecule has 100 valence electrons. The first-order valence-electron chi connectivity index (χ1n) is 6.53. The molecule has 2 N–H and O–H groups in total. The van der Waals surface area contributed by atoms with E-state index in [4.69, 9.17) is 0 Å². The van der Waals surface area contributed by atoms with E-state index in [1.807, 2.05) is 6.92 Å². The Bertz CT molecular complexity index is 702. The van der Waals surface area contributed by atoms with Crippen LogP contribution in [0.5, 0.6) is 0 Å². The summed E-state index contributed by atoms with van der Waals surface area (Å²) < 4.78 is 0. The van der Waals surface area contributed by atoms with Crippen molar-refractivity contribution >= 4 is 27.5 Å². The minimum Gasteiger partial charge on any atom is -0.349 e. The number of nitrogens with one attached hydrogen (secondary N) is 2. The van der Waals surface area contributed by atoms with Gasteiger partial charge in [0.1, 0.15) is 4.83 Å². The largest absolute Gasteiger partial charge is 0.349 e. The Morgan fingerprint density at radius 1 is 1.47 bits per heavy atom. The third kappa shape index (κ3) is 2.06. The summed E-state index contributed by atoms with van der Waals surface area (Å²) in [7, 11) is 0. The summed E-state index contributed by atoms with van der Waals surface area (Å²) in [4.78, 5) is 32.8. The normalized spacial score (nSPS) is 13.7. The van der Waals surface area contributed by atoms with E-state index in [9.17, 15) is 9.59 Å². The lowest BCUT2D eigenvalue weighted by Gasteiger charge is -2.02. The van der Waals surface area contributed by atoms with E-state index in [2.05, 4.69) is 15.3 Å². The predicted octanol–water partition coefficient (Wildman–Crippen LogP) is 1.61. The molecule has 1 aliphatic carbocycles. The standard InChI is InChI=1S/C13H15N3O2S/c1-2-6-14-12(18)10-15-11(17)9-7-4-3-5-8(7)19-13(9)16-10/h2-6H2,1H3,(H,14,18)(H,15,16,17). The van der Waals surface area contributed by atoms with Crippen LogP contribution in [0.15, 0.2) is 4.79 Å². The van der Waals surface area contributed by atoms with Crippen molar-refractivity contribution in [2.45, 2.75) is 32.6 Å². The average molecular weight is 277 g/mol. The highest BCUT2D eigenvalue weighted by Crippen LogP contribution is 2.34. The fraction of sp³-hybridized carbons (Fsp3) is 0.462. The number of carbonyl (C=O) groups excluding carboxylic acids is 1. The number of H-pyrrole nitrogens is 1. The number of thiophene rings is 1. The van der Waals surface area contributed by atoms with Crippen molar-refractivity contribution in [3.8, 4) is 0 Å². The van der Waals surface area contributed by atoms with Crippen LogP contribution in [0.1, 0.15) is 40.8 Å². The molecule has 0 fully saturated rings. The van der Waals surface area contributed by atoms with Gasteiger partial charge in [0.05, 0.1) is 5.39 Å². The molecule has 0 spiro atoms. The quantitative estimate of drug-likeness (QED) is 0.895. The summed E-state index contributed by atoms with van der Waals surface area (Å²) in [6.07, 6.45) is 3.93. The molecule has 5 nitrogen and oxygen atoms in total. The number of aromatic amines is 1. The van der Waals surface area contributed by atoms with E-state index in [-0.39, 0.29) is 17.3 Å². The molecule has 2 heterocycles. The minimum atomic E-state index is -0.311. The first-order valence-corrected chi connectivity index (χ1v) is 7.35. The molecule has 0 aliphatic heterocycles. The number of aromatic nitrogens is 2. The van der Waals surface area contributed by atoms with Crippen LogP contribution >= 0.6 is 11.3 Å². The smallest absolute Gasteiger partial charge is 0.287 e. The lowest BCUT2D eigenvalue weighted by molar-refractivity contribution is 0.0943. The first kappa shape index (κ1) is 12.3. The molecule has 6 heteroatoms. The van der Waals surface area contributed by atoms with E-state index in [1.165, 1.54) is 4.88 Å². The number of hydrogen-bond acceptors (Lipinski definition) is 4. The van der Waals surface area contributed by atoms with Crippen LogP contribution in [0.25, 0.3) is 10.2 Å². The topological polar surface area (TPSA) is 74.8 Å². The Labute approximate surface area is 114 Å². The number of nitrogens with zero attached hydrogens (tertiary/aromatic N) is 1. The second kappa shape index (κ2) is 4.77. The molecular formula is C13H15N3O2S. The molecule has 1 amide bonds. The van der Waals surface area contributed by atoms with Gasteiger partial charge in [0, 0.05) is 11.4 Å². The van der Waals surface area contributed by atoms with Gasteiger partial charge in [0.15, 0.2) is 0 Å². The molecule has 1 aliphatic rings. The molecule has 3 rings (SSSR count). The maximum absolute atomic E-state index is 12.1. The van der Waals surface area contributed by atoms with Crippen molar-refractivity contribution < 1.29 is 4.79 Å². The first-order chi connectivity index (χ1) is 9.20. The van der Waals surface area contributed by atoms with Crippen molar-refractivity contribution in [2.75, 3.05) is 6.54 Å². The number of carbonyl (C=O) groups is 1. The number of rotatable bonds is 3. The van der Waals surface area contributed by atoms with Crippen LogP contribution < -0.4 is 10.9 Å². The minimum absolute atomic E-state index is 0.117. The highest BCUT2D eigenvalue weighted by atomic mass is 32.1. The number of fused-ring (bicyclic) bond motifs is 3. The predicted molar refractivity (Wildman–Crippen MR) is 74.9 cm³/mol. The Morgan fingerprint density at radius 3 is 3.11 bits per heavy atom. The molecular weight excluding hydrogens is 262 g/mol. The maximum atomic E-state index is 12.1. The summed E-state index contributed by atoms with van der Waals surface area (Å²) in [5.41, 5.74) is 0.945. The van der Waals surface area contributed by atoms with Crippen LogP contribution in [-0.2, 0) is 12.8 Å². The van der Waals surface area contributed by atoms with Crippen molar-refractivity contribution in [3.63, 3.8) is 0 Å². The van der Waals surface area contributed by atoms with Gasteiger partial charge < -0.3 is 10.3 Å². The number of amides is 1. The van der Waals surface area contributed by atoms with Crippen LogP contribution in [-0.4, -0.2) is 22.4 Å². The number of aryl methyl sites for hydroxylation is 2. The number of hydrogen-bond donors (Lipinski definition) is 2. The Kier molecular flexibility index (Phi) is 3.10. The fourth-order valence-corrected chi connectivity index (χ4v) is 3.69. The molecule has 0 bridgehead atoms. The molecule has 19 heavy (non-hydrogen) atoms. The maximum Gasteiger partial charge on any atom is 0.287 e. The van der Waals surface area contributed by atoms with Crippen LogP contribution in [0, 0.1) is 0 Å². The van der Waals surface area contributed by atoms with Crippen LogP contribution in [0.2, 0.25) is 0 Å². The molecule has 0 aromatic carbocycles. The van der Waals surface area contributed by atoms with Gasteiger partial charge in [-0.15, -0.1) is 11.3 Å². The average Bonchev–Trinajstić information content (AvgIpc) is 2.95. The Hall–Kier alpha value is -1.69. The van der Waals surface area contributed by atoms with Gasteiger partial charge in [-0.3, -0.25) is 9.59 Å². The molecule has 0 atom stereocenters. The second-order valence-electron chi connectivity index (χ2n) is 4.71. The van der Waals surface area contributed by atoms with E-state index in [0.717, 1.165) is 31.2 Å². The zero-order chi connectivity index (χ0) is 13.4. The van der Waals surface area contributed by atoms with Gasteiger partial charge >= 0.3 is 0 Å². The third-order valence-electron chi connectivity index (χ3n) is 3.33. The van der Waals surface area contributed by atoms with Crippen molar-refractivity contribution in [1.82, 2.24) is 15.3 Å². The summed E-state index contributed by atoms with van der Waals surface area (Å²) in [6.45, 7) is 2.56. The second-order valence-corrected chi connectivity index (χ2v) is 5.79. The summed E-state index contributed by atoms with van der Waals surface area (Å²) in [5.74, 6) is -0.194. The molecule has 0 saturated carbocycles. The van der Waals surface area contributed by atoms with E-state index in [1.54, 1.807) is 11.3 Å². The van der Waals surface area contributed by atoms with E-state index < -0.39 is 0 Å². The summed E-state index contributed by atoms with van der Waals surface area (Å²) in [6, 6.07) is 0. The zero-order valence-corrected chi connectivity index (χ0v) is 11.5. The van der Waals surface area contributed by atoms with Gasteiger partial charge in [-0.25, -0.2) is 4.98 Å². The molecule has 0 saturated heterocycles. The summed E-state index contributed by atoms with van der Waals surface area (Å²) >= 11 is 1.54. The molecule has 0 unspecified atom stereocenters. The molecule has 2 aromatic heterocycles. The lowest BCUT2D eigenvalue weighted by atomic mass is 10.2.